The molecule has 0 saturated heterocycles. The summed E-state index contributed by atoms with van der Waals surface area (Å²) in [7, 11) is -3.91. The third-order valence-electron chi connectivity index (χ3n) is 4.22. The number of hydrogen-bond donors (Lipinski definition) is 3. The van der Waals surface area contributed by atoms with E-state index in [1.54, 1.807) is 12.1 Å². The standard InChI is InChI=1S/C21H25N3O6S/c1-21(2,3)15-9-7-14(8-10-15)20(27)23-12-19(26)30-13-18(25)24-16-5-4-6-17(11-16)31(22,28)29/h4-11H,12-13H2,1-3H3,(H,23,27)(H,24,25)(H2,22,28,29). The maximum atomic E-state index is 12.1. The molecule has 0 aromatic heterocycles. The molecule has 10 heteroatoms. The number of amides is 2. The van der Waals surface area contributed by atoms with Crippen molar-refractivity contribution in [2.75, 3.05) is 18.5 Å². The van der Waals surface area contributed by atoms with Crippen molar-refractivity contribution in [3.63, 3.8) is 0 Å². The van der Waals surface area contributed by atoms with Gasteiger partial charge >= 0.3 is 5.97 Å². The van der Waals surface area contributed by atoms with E-state index < -0.39 is 41.0 Å². The fourth-order valence-electron chi connectivity index (χ4n) is 2.52. The van der Waals surface area contributed by atoms with Crippen LogP contribution in [0.15, 0.2) is 53.4 Å². The Hall–Kier alpha value is -3.24. The molecule has 0 bridgehead atoms. The van der Waals surface area contributed by atoms with Gasteiger partial charge in [0.25, 0.3) is 11.8 Å². The van der Waals surface area contributed by atoms with Crippen molar-refractivity contribution in [1.82, 2.24) is 5.32 Å². The van der Waals surface area contributed by atoms with Crippen LogP contribution in [0.4, 0.5) is 5.69 Å². The average Bonchev–Trinajstić information content (AvgIpc) is 2.69. The third-order valence-corrected chi connectivity index (χ3v) is 5.13. The fourth-order valence-corrected chi connectivity index (χ4v) is 3.08. The van der Waals surface area contributed by atoms with Gasteiger partial charge in [0.2, 0.25) is 10.0 Å². The normalized spacial score (nSPS) is 11.5. The molecular formula is C21H25N3O6S. The molecular weight excluding hydrogens is 422 g/mol. The number of rotatable bonds is 7. The monoisotopic (exact) mass is 447 g/mol. The van der Waals surface area contributed by atoms with E-state index in [2.05, 4.69) is 31.4 Å². The molecule has 0 fully saturated rings. The number of nitrogens with one attached hydrogen (secondary N) is 2. The van der Waals surface area contributed by atoms with Gasteiger partial charge in [-0.25, -0.2) is 13.6 Å². The maximum Gasteiger partial charge on any atom is 0.325 e. The highest BCUT2D eigenvalue weighted by Gasteiger charge is 2.15. The summed E-state index contributed by atoms with van der Waals surface area (Å²) in [6.07, 6.45) is 0. The molecule has 0 atom stereocenters. The number of nitrogens with two attached hydrogens (primary N) is 1. The smallest absolute Gasteiger partial charge is 0.325 e. The van der Waals surface area contributed by atoms with Crippen molar-refractivity contribution in [1.29, 1.82) is 0 Å². The Morgan fingerprint density at radius 2 is 1.68 bits per heavy atom. The average molecular weight is 448 g/mol. The summed E-state index contributed by atoms with van der Waals surface area (Å²) in [5.41, 5.74) is 1.61. The van der Waals surface area contributed by atoms with Crippen molar-refractivity contribution in [2.45, 2.75) is 31.1 Å². The molecule has 2 aromatic rings. The van der Waals surface area contributed by atoms with Crippen LogP contribution in [-0.4, -0.2) is 39.4 Å². The summed E-state index contributed by atoms with van der Waals surface area (Å²) in [5, 5.41) is 9.86. The van der Waals surface area contributed by atoms with Crippen molar-refractivity contribution in [2.24, 2.45) is 5.14 Å². The van der Waals surface area contributed by atoms with Crippen LogP contribution in [0.1, 0.15) is 36.7 Å². The van der Waals surface area contributed by atoms with Gasteiger partial charge in [-0.1, -0.05) is 39.0 Å². The molecule has 0 aliphatic rings. The number of carbonyl (C=O) groups is 3. The molecule has 2 amide bonds. The Labute approximate surface area is 181 Å². The first kappa shape index (κ1) is 24.0. The Morgan fingerprint density at radius 1 is 1.03 bits per heavy atom. The predicted octanol–water partition coefficient (Wildman–Crippen LogP) is 1.54. The molecule has 0 unspecified atom stereocenters. The summed E-state index contributed by atoms with van der Waals surface area (Å²) in [5.74, 6) is -1.92. The van der Waals surface area contributed by atoms with Gasteiger partial charge in [0.05, 0.1) is 4.90 Å². The lowest BCUT2D eigenvalue weighted by molar-refractivity contribution is -0.146. The van der Waals surface area contributed by atoms with Gasteiger partial charge in [0, 0.05) is 11.3 Å². The summed E-state index contributed by atoms with van der Waals surface area (Å²) in [6.45, 7) is 5.17. The van der Waals surface area contributed by atoms with E-state index in [0.717, 1.165) is 5.56 Å². The highest BCUT2D eigenvalue weighted by molar-refractivity contribution is 7.89. The number of ether oxygens (including phenoxy) is 1. The molecule has 0 aliphatic heterocycles. The first-order valence-corrected chi connectivity index (χ1v) is 10.9. The van der Waals surface area contributed by atoms with Gasteiger partial charge in [0.1, 0.15) is 6.54 Å². The van der Waals surface area contributed by atoms with Crippen LogP contribution < -0.4 is 15.8 Å². The summed E-state index contributed by atoms with van der Waals surface area (Å²) >= 11 is 0. The predicted molar refractivity (Wildman–Crippen MR) is 115 cm³/mol. The molecule has 4 N–H and O–H groups in total. The van der Waals surface area contributed by atoms with Gasteiger partial charge in [-0.3, -0.25) is 14.4 Å². The Balaban J connectivity index is 1.80. The Bertz CT molecular complexity index is 1070. The molecule has 2 rings (SSSR count). The zero-order valence-electron chi connectivity index (χ0n) is 17.5. The van der Waals surface area contributed by atoms with Crippen molar-refractivity contribution in [3.8, 4) is 0 Å². The molecule has 166 valence electrons. The Morgan fingerprint density at radius 3 is 2.26 bits per heavy atom. The van der Waals surface area contributed by atoms with Crippen molar-refractivity contribution < 1.29 is 27.5 Å². The van der Waals surface area contributed by atoms with Crippen LogP contribution >= 0.6 is 0 Å². The minimum absolute atomic E-state index is 0.0424. The minimum atomic E-state index is -3.91. The summed E-state index contributed by atoms with van der Waals surface area (Å²) < 4.78 is 27.5. The van der Waals surface area contributed by atoms with Crippen LogP contribution in [0, 0.1) is 0 Å². The summed E-state index contributed by atoms with van der Waals surface area (Å²) in [4.78, 5) is 35.7. The van der Waals surface area contributed by atoms with E-state index >= 15 is 0 Å². The zero-order chi connectivity index (χ0) is 23.2. The number of carbonyl (C=O) groups excluding carboxylic acids is 3. The quantitative estimate of drug-likeness (QED) is 0.549. The van der Waals surface area contributed by atoms with Crippen LogP contribution in [0.2, 0.25) is 0 Å². The molecule has 9 nitrogen and oxygen atoms in total. The van der Waals surface area contributed by atoms with Crippen LogP contribution in [0.25, 0.3) is 0 Å². The highest BCUT2D eigenvalue weighted by atomic mass is 32.2. The van der Waals surface area contributed by atoms with Gasteiger partial charge in [-0.2, -0.15) is 0 Å². The van der Waals surface area contributed by atoms with Crippen LogP contribution in [0.3, 0.4) is 0 Å². The zero-order valence-corrected chi connectivity index (χ0v) is 18.3. The summed E-state index contributed by atoms with van der Waals surface area (Å²) in [6, 6.07) is 12.4. The molecule has 0 radical (unpaired) electrons. The SMILES string of the molecule is CC(C)(C)c1ccc(C(=O)NCC(=O)OCC(=O)Nc2cccc(S(N)(=O)=O)c2)cc1. The second-order valence-corrected chi connectivity index (χ2v) is 9.35. The van der Waals surface area contributed by atoms with E-state index in [1.165, 1.54) is 24.3 Å². The maximum absolute atomic E-state index is 12.1. The number of primary sulfonamides is 1. The molecule has 2 aromatic carbocycles. The van der Waals surface area contributed by atoms with Crippen LogP contribution in [0.5, 0.6) is 0 Å². The third kappa shape index (κ3) is 7.50. The molecule has 0 heterocycles. The first-order chi connectivity index (χ1) is 14.4. The largest absolute Gasteiger partial charge is 0.454 e. The van der Waals surface area contributed by atoms with Gasteiger partial charge < -0.3 is 15.4 Å². The van der Waals surface area contributed by atoms with Gasteiger partial charge in [-0.15, -0.1) is 0 Å². The number of hydrogen-bond acceptors (Lipinski definition) is 6. The molecule has 0 aliphatic carbocycles. The van der Waals surface area contributed by atoms with Gasteiger partial charge in [-0.05, 0) is 41.3 Å². The second kappa shape index (κ2) is 9.71. The van der Waals surface area contributed by atoms with E-state index in [1.807, 2.05) is 12.1 Å². The minimum Gasteiger partial charge on any atom is -0.454 e. The molecule has 0 spiro atoms. The lowest BCUT2D eigenvalue weighted by atomic mass is 9.87. The van der Waals surface area contributed by atoms with E-state index in [4.69, 9.17) is 9.88 Å². The number of sulfonamides is 1. The molecule has 0 saturated carbocycles. The number of benzene rings is 2. The number of anilines is 1. The van der Waals surface area contributed by atoms with Crippen LogP contribution in [-0.2, 0) is 29.8 Å². The topological polar surface area (TPSA) is 145 Å². The van der Waals surface area contributed by atoms with Crippen molar-refractivity contribution >= 4 is 33.5 Å². The van der Waals surface area contributed by atoms with E-state index in [-0.39, 0.29) is 16.0 Å². The van der Waals surface area contributed by atoms with Gasteiger partial charge in [0.15, 0.2) is 6.61 Å². The molecule has 31 heavy (non-hydrogen) atoms. The Kier molecular flexibility index (Phi) is 7.53. The fraction of sp³-hybridized carbons (Fsp3) is 0.286. The number of esters is 1. The van der Waals surface area contributed by atoms with E-state index in [0.29, 0.717) is 5.56 Å². The lowest BCUT2D eigenvalue weighted by Crippen LogP contribution is -2.32. The first-order valence-electron chi connectivity index (χ1n) is 9.33. The van der Waals surface area contributed by atoms with Crippen molar-refractivity contribution in [3.05, 3.63) is 59.7 Å². The lowest BCUT2D eigenvalue weighted by Gasteiger charge is -2.19. The highest BCUT2D eigenvalue weighted by Crippen LogP contribution is 2.22. The van der Waals surface area contributed by atoms with E-state index in [9.17, 15) is 22.8 Å². The second-order valence-electron chi connectivity index (χ2n) is 7.79.